The van der Waals surface area contributed by atoms with Crippen LogP contribution in [-0.4, -0.2) is 45.9 Å². The number of carbonyl (C=O) groups is 1. The molecule has 0 heterocycles. The minimum absolute atomic E-state index is 0.123. The average Bonchev–Trinajstić information content (AvgIpc) is 2.65. The van der Waals surface area contributed by atoms with Crippen LogP contribution < -0.4 is 10.1 Å². The molecule has 2 aromatic carbocycles. The van der Waals surface area contributed by atoms with E-state index in [9.17, 15) is 13.2 Å². The van der Waals surface area contributed by atoms with Gasteiger partial charge in [0, 0.05) is 13.6 Å². The number of likely N-dealkylation sites (N-methyl/N-ethyl adjacent to an activating group) is 1. The van der Waals surface area contributed by atoms with Crippen molar-refractivity contribution in [3.63, 3.8) is 0 Å². The van der Waals surface area contributed by atoms with E-state index in [1.807, 2.05) is 19.1 Å². The van der Waals surface area contributed by atoms with Gasteiger partial charge in [0.25, 0.3) is 0 Å². The predicted octanol–water partition coefficient (Wildman–Crippen LogP) is 2.37. The number of ether oxygens (including phenoxy) is 1. The summed E-state index contributed by atoms with van der Waals surface area (Å²) in [6.07, 6.45) is 1.66. The normalized spacial score (nSPS) is 11.4. The SMILES string of the molecule is COc1ccc(S(=O)(=O)N(C)CC(=O)NCCCc2cccc(C)c2)cc1. The van der Waals surface area contributed by atoms with Crippen molar-refractivity contribution in [1.82, 2.24) is 9.62 Å². The molecule has 6 nitrogen and oxygen atoms in total. The summed E-state index contributed by atoms with van der Waals surface area (Å²) in [6.45, 7) is 2.33. The van der Waals surface area contributed by atoms with Gasteiger partial charge in [0.15, 0.2) is 0 Å². The lowest BCUT2D eigenvalue weighted by atomic mass is 10.1. The van der Waals surface area contributed by atoms with Crippen LogP contribution in [0.2, 0.25) is 0 Å². The molecule has 0 aromatic heterocycles. The molecule has 27 heavy (non-hydrogen) atoms. The molecule has 7 heteroatoms. The number of nitrogens with zero attached hydrogens (tertiary/aromatic N) is 1. The summed E-state index contributed by atoms with van der Waals surface area (Å²) in [5, 5.41) is 2.78. The third-order valence-corrected chi connectivity index (χ3v) is 6.00. The van der Waals surface area contributed by atoms with Crippen molar-refractivity contribution in [2.75, 3.05) is 27.2 Å². The molecule has 0 aliphatic heterocycles. The fourth-order valence-electron chi connectivity index (χ4n) is 2.66. The number of benzene rings is 2. The van der Waals surface area contributed by atoms with Crippen LogP contribution in [0.15, 0.2) is 53.4 Å². The maximum absolute atomic E-state index is 12.5. The highest BCUT2D eigenvalue weighted by Gasteiger charge is 2.22. The van der Waals surface area contributed by atoms with E-state index in [-0.39, 0.29) is 17.3 Å². The van der Waals surface area contributed by atoms with Crippen LogP contribution >= 0.6 is 0 Å². The lowest BCUT2D eigenvalue weighted by Gasteiger charge is -2.17. The minimum atomic E-state index is -3.72. The highest BCUT2D eigenvalue weighted by molar-refractivity contribution is 7.89. The molecular formula is C20H26N2O4S. The van der Waals surface area contributed by atoms with Gasteiger partial charge in [-0.2, -0.15) is 4.31 Å². The van der Waals surface area contributed by atoms with Gasteiger partial charge in [-0.3, -0.25) is 4.79 Å². The Kier molecular flexibility index (Phi) is 7.38. The Balaban J connectivity index is 1.81. The fourth-order valence-corrected chi connectivity index (χ4v) is 3.79. The first-order valence-corrected chi connectivity index (χ1v) is 10.2. The van der Waals surface area contributed by atoms with Gasteiger partial charge in [-0.15, -0.1) is 0 Å². The Morgan fingerprint density at radius 3 is 2.48 bits per heavy atom. The molecular weight excluding hydrogens is 364 g/mol. The van der Waals surface area contributed by atoms with Gasteiger partial charge in [-0.25, -0.2) is 8.42 Å². The first-order chi connectivity index (χ1) is 12.8. The quantitative estimate of drug-likeness (QED) is 0.667. The highest BCUT2D eigenvalue weighted by atomic mass is 32.2. The molecule has 0 aliphatic rings. The fraction of sp³-hybridized carbons (Fsp3) is 0.350. The first kappa shape index (κ1) is 20.9. The number of methoxy groups -OCH3 is 1. The Labute approximate surface area is 161 Å². The largest absolute Gasteiger partial charge is 0.497 e. The second-order valence-electron chi connectivity index (χ2n) is 6.38. The number of nitrogens with one attached hydrogen (secondary N) is 1. The number of carbonyl (C=O) groups excluding carboxylic acids is 1. The second-order valence-corrected chi connectivity index (χ2v) is 8.42. The zero-order valence-corrected chi connectivity index (χ0v) is 16.8. The van der Waals surface area contributed by atoms with Gasteiger partial charge in [0.1, 0.15) is 5.75 Å². The van der Waals surface area contributed by atoms with Crippen LogP contribution in [0, 0.1) is 6.92 Å². The lowest BCUT2D eigenvalue weighted by Crippen LogP contribution is -2.38. The van der Waals surface area contributed by atoms with E-state index in [2.05, 4.69) is 17.4 Å². The van der Waals surface area contributed by atoms with E-state index in [4.69, 9.17) is 4.74 Å². The van der Waals surface area contributed by atoms with E-state index in [1.54, 1.807) is 12.1 Å². The van der Waals surface area contributed by atoms with Crippen LogP contribution in [0.1, 0.15) is 17.5 Å². The predicted molar refractivity (Wildman–Crippen MR) is 105 cm³/mol. The number of sulfonamides is 1. The molecule has 0 fully saturated rings. The highest BCUT2D eigenvalue weighted by Crippen LogP contribution is 2.18. The molecule has 1 N–H and O–H groups in total. The molecule has 0 saturated heterocycles. The zero-order chi connectivity index (χ0) is 19.9. The van der Waals surface area contributed by atoms with E-state index in [0.29, 0.717) is 12.3 Å². The van der Waals surface area contributed by atoms with Gasteiger partial charge >= 0.3 is 0 Å². The van der Waals surface area contributed by atoms with E-state index in [1.165, 1.54) is 37.4 Å². The maximum Gasteiger partial charge on any atom is 0.243 e. The molecule has 0 aliphatic carbocycles. The van der Waals surface area contributed by atoms with E-state index >= 15 is 0 Å². The van der Waals surface area contributed by atoms with E-state index < -0.39 is 10.0 Å². The van der Waals surface area contributed by atoms with Gasteiger partial charge < -0.3 is 10.1 Å². The molecule has 2 rings (SSSR count). The molecule has 146 valence electrons. The van der Waals surface area contributed by atoms with Crippen molar-refractivity contribution in [3.8, 4) is 5.75 Å². The van der Waals surface area contributed by atoms with Crippen LogP contribution in [-0.2, 0) is 21.2 Å². The molecule has 0 bridgehead atoms. The third-order valence-electron chi connectivity index (χ3n) is 4.18. The summed E-state index contributed by atoms with van der Waals surface area (Å²) in [6, 6.07) is 14.3. The molecule has 0 radical (unpaired) electrons. The number of aryl methyl sites for hydroxylation is 2. The maximum atomic E-state index is 12.5. The standard InChI is InChI=1S/C20H26N2O4S/c1-16-6-4-7-17(14-16)8-5-13-21-20(23)15-22(2)27(24,25)19-11-9-18(26-3)10-12-19/h4,6-7,9-12,14H,5,8,13,15H2,1-3H3,(H,21,23). The summed E-state index contributed by atoms with van der Waals surface area (Å²) >= 11 is 0. The van der Waals surface area contributed by atoms with Crippen molar-refractivity contribution in [2.45, 2.75) is 24.7 Å². The van der Waals surface area contributed by atoms with Crippen LogP contribution in [0.3, 0.4) is 0 Å². The van der Waals surface area contributed by atoms with Crippen LogP contribution in [0.4, 0.5) is 0 Å². The van der Waals surface area contributed by atoms with Gasteiger partial charge in [-0.1, -0.05) is 29.8 Å². The number of hydrogen-bond acceptors (Lipinski definition) is 4. The minimum Gasteiger partial charge on any atom is -0.497 e. The van der Waals surface area contributed by atoms with Crippen molar-refractivity contribution >= 4 is 15.9 Å². The first-order valence-electron chi connectivity index (χ1n) is 8.75. The molecule has 0 atom stereocenters. The summed E-state index contributed by atoms with van der Waals surface area (Å²) in [5.41, 5.74) is 2.44. The van der Waals surface area contributed by atoms with Gasteiger partial charge in [0.05, 0.1) is 18.6 Å². The van der Waals surface area contributed by atoms with Gasteiger partial charge in [-0.05, 0) is 49.6 Å². The Bertz CT molecular complexity index is 864. The summed E-state index contributed by atoms with van der Waals surface area (Å²) < 4.78 is 31.1. The topological polar surface area (TPSA) is 75.7 Å². The molecule has 0 spiro atoms. The van der Waals surface area contributed by atoms with Crippen molar-refractivity contribution < 1.29 is 17.9 Å². The second kappa shape index (κ2) is 9.53. The van der Waals surface area contributed by atoms with Crippen molar-refractivity contribution in [2.24, 2.45) is 0 Å². The Morgan fingerprint density at radius 2 is 1.85 bits per heavy atom. The Hall–Kier alpha value is -2.38. The van der Waals surface area contributed by atoms with E-state index in [0.717, 1.165) is 17.1 Å². The third kappa shape index (κ3) is 6.08. The average molecular weight is 391 g/mol. The van der Waals surface area contributed by atoms with Crippen molar-refractivity contribution in [3.05, 3.63) is 59.7 Å². The van der Waals surface area contributed by atoms with Gasteiger partial charge in [0.2, 0.25) is 15.9 Å². The summed E-state index contributed by atoms with van der Waals surface area (Å²) in [4.78, 5) is 12.2. The number of rotatable bonds is 9. The number of hydrogen-bond donors (Lipinski definition) is 1. The monoisotopic (exact) mass is 390 g/mol. The summed E-state index contributed by atoms with van der Waals surface area (Å²) in [7, 11) is -0.813. The molecule has 1 amide bonds. The lowest BCUT2D eigenvalue weighted by molar-refractivity contribution is -0.121. The molecule has 0 unspecified atom stereocenters. The smallest absolute Gasteiger partial charge is 0.243 e. The number of amides is 1. The van der Waals surface area contributed by atoms with Crippen LogP contribution in [0.25, 0.3) is 0 Å². The zero-order valence-electron chi connectivity index (χ0n) is 15.9. The molecule has 2 aromatic rings. The van der Waals surface area contributed by atoms with Crippen molar-refractivity contribution in [1.29, 1.82) is 0 Å². The summed E-state index contributed by atoms with van der Waals surface area (Å²) in [5.74, 6) is 0.252. The Morgan fingerprint density at radius 1 is 1.15 bits per heavy atom. The van der Waals surface area contributed by atoms with Crippen LogP contribution in [0.5, 0.6) is 5.75 Å². The molecule has 0 saturated carbocycles.